The summed E-state index contributed by atoms with van der Waals surface area (Å²) in [4.78, 5) is 2.91. The van der Waals surface area contributed by atoms with Crippen molar-refractivity contribution in [3.63, 3.8) is 0 Å². The van der Waals surface area contributed by atoms with Crippen molar-refractivity contribution in [1.82, 2.24) is 4.98 Å². The van der Waals surface area contributed by atoms with Gasteiger partial charge in [-0.15, -0.1) is 0 Å². The summed E-state index contributed by atoms with van der Waals surface area (Å²) in [5, 5.41) is 0. The highest BCUT2D eigenvalue weighted by atomic mass is 19.2. The molecule has 0 radical (unpaired) electrons. The molecule has 0 unspecified atom stereocenters. The molecule has 0 aliphatic carbocycles. The van der Waals surface area contributed by atoms with Crippen LogP contribution in [0.2, 0.25) is 0 Å². The summed E-state index contributed by atoms with van der Waals surface area (Å²) >= 11 is 0. The average molecular weight is 265 g/mol. The van der Waals surface area contributed by atoms with Crippen LogP contribution in [0.1, 0.15) is 25.3 Å². The van der Waals surface area contributed by atoms with Crippen molar-refractivity contribution in [3.8, 4) is 11.1 Å². The van der Waals surface area contributed by atoms with Crippen LogP contribution in [0.5, 0.6) is 0 Å². The van der Waals surface area contributed by atoms with Crippen LogP contribution in [0.15, 0.2) is 30.3 Å². The van der Waals surface area contributed by atoms with Gasteiger partial charge in [0.2, 0.25) is 5.95 Å². The first-order valence-electron chi connectivity index (χ1n) is 6.22. The average Bonchev–Trinajstić information content (AvgIpc) is 2.41. The molecule has 1 nitrogen and oxygen atoms in total. The highest BCUT2D eigenvalue weighted by Gasteiger charge is 2.12. The first-order valence-corrected chi connectivity index (χ1v) is 6.22. The summed E-state index contributed by atoms with van der Waals surface area (Å²) in [6.07, 6.45) is 3.14. The minimum Gasteiger partial charge on any atom is -0.202 e. The summed E-state index contributed by atoms with van der Waals surface area (Å²) in [6.45, 7) is 2.11. The van der Waals surface area contributed by atoms with Gasteiger partial charge >= 0.3 is 0 Å². The third-order valence-electron chi connectivity index (χ3n) is 2.97. The fourth-order valence-electron chi connectivity index (χ4n) is 1.88. The van der Waals surface area contributed by atoms with Gasteiger partial charge in [-0.05, 0) is 30.0 Å². The molecule has 1 heterocycles. The normalized spacial score (nSPS) is 10.7. The maximum absolute atomic E-state index is 13.5. The lowest BCUT2D eigenvalue weighted by atomic mass is 10.0. The third kappa shape index (κ3) is 3.13. The number of pyridine rings is 1. The van der Waals surface area contributed by atoms with Crippen molar-refractivity contribution in [2.24, 2.45) is 0 Å². The Morgan fingerprint density at radius 2 is 1.68 bits per heavy atom. The lowest BCUT2D eigenvalue weighted by Crippen LogP contribution is -1.97. The Kier molecular flexibility index (Phi) is 4.20. The van der Waals surface area contributed by atoms with Gasteiger partial charge in [0.25, 0.3) is 5.95 Å². The van der Waals surface area contributed by atoms with Crippen molar-refractivity contribution in [2.75, 3.05) is 0 Å². The highest BCUT2D eigenvalue weighted by molar-refractivity contribution is 5.63. The molecule has 1 aromatic carbocycles. The summed E-state index contributed by atoms with van der Waals surface area (Å²) < 4.78 is 39.3. The molecule has 0 bridgehead atoms. The maximum atomic E-state index is 13.5. The van der Waals surface area contributed by atoms with Crippen molar-refractivity contribution < 1.29 is 13.2 Å². The molecule has 4 heteroatoms. The zero-order chi connectivity index (χ0) is 13.8. The zero-order valence-electron chi connectivity index (χ0n) is 10.6. The molecule has 0 fully saturated rings. The van der Waals surface area contributed by atoms with Gasteiger partial charge in [-0.25, -0.2) is 4.39 Å². The molecule has 0 amide bonds. The standard InChI is InChI=1S/C15H14F3N/c1-2-3-4-10-5-7-11(8-6-10)12-9-13(16)15(18)19-14(12)17/h5-9H,2-4H2,1H3. The van der Waals surface area contributed by atoms with Gasteiger partial charge < -0.3 is 0 Å². The van der Waals surface area contributed by atoms with Crippen molar-refractivity contribution in [1.29, 1.82) is 0 Å². The second kappa shape index (κ2) is 5.87. The predicted octanol–water partition coefficient (Wildman–Crippen LogP) is 4.51. The number of hydrogen-bond acceptors (Lipinski definition) is 1. The minimum absolute atomic E-state index is 0.0269. The van der Waals surface area contributed by atoms with E-state index in [-0.39, 0.29) is 5.56 Å². The molecule has 2 aromatic rings. The van der Waals surface area contributed by atoms with E-state index in [0.29, 0.717) is 5.56 Å². The van der Waals surface area contributed by atoms with E-state index in [2.05, 4.69) is 11.9 Å². The highest BCUT2D eigenvalue weighted by Crippen LogP contribution is 2.24. The number of aryl methyl sites for hydroxylation is 1. The van der Waals surface area contributed by atoms with Gasteiger partial charge in [0, 0.05) is 5.56 Å². The third-order valence-corrected chi connectivity index (χ3v) is 2.97. The Labute approximate surface area is 110 Å². The smallest absolute Gasteiger partial charge is 0.202 e. The van der Waals surface area contributed by atoms with Gasteiger partial charge in [0.1, 0.15) is 0 Å². The number of rotatable bonds is 4. The first kappa shape index (κ1) is 13.6. The molecule has 2 rings (SSSR count). The monoisotopic (exact) mass is 265 g/mol. The number of aromatic nitrogens is 1. The Morgan fingerprint density at radius 3 is 2.32 bits per heavy atom. The molecule has 0 spiro atoms. The Balaban J connectivity index is 2.29. The van der Waals surface area contributed by atoms with Crippen LogP contribution in [0.4, 0.5) is 13.2 Å². The molecule has 100 valence electrons. The molecule has 0 saturated heterocycles. The van der Waals surface area contributed by atoms with E-state index >= 15 is 0 Å². The lowest BCUT2D eigenvalue weighted by molar-refractivity contribution is 0.449. The molecular formula is C15H14F3N. The van der Waals surface area contributed by atoms with Crippen molar-refractivity contribution in [2.45, 2.75) is 26.2 Å². The molecule has 0 aliphatic heterocycles. The Morgan fingerprint density at radius 1 is 1.00 bits per heavy atom. The summed E-state index contributed by atoms with van der Waals surface area (Å²) in [6, 6.07) is 7.96. The van der Waals surface area contributed by atoms with Crippen LogP contribution >= 0.6 is 0 Å². The van der Waals surface area contributed by atoms with Gasteiger partial charge in [-0.3, -0.25) is 0 Å². The number of hydrogen-bond donors (Lipinski definition) is 0. The molecule has 0 atom stereocenters. The van der Waals surface area contributed by atoms with Gasteiger partial charge in [-0.1, -0.05) is 37.6 Å². The molecule has 0 N–H and O–H groups in total. The van der Waals surface area contributed by atoms with E-state index in [1.165, 1.54) is 0 Å². The van der Waals surface area contributed by atoms with Gasteiger partial charge in [-0.2, -0.15) is 13.8 Å². The van der Waals surface area contributed by atoms with Crippen molar-refractivity contribution >= 4 is 0 Å². The molecule has 19 heavy (non-hydrogen) atoms. The molecular weight excluding hydrogens is 251 g/mol. The van der Waals surface area contributed by atoms with E-state index < -0.39 is 17.7 Å². The number of benzene rings is 1. The maximum Gasteiger partial charge on any atom is 0.251 e. The Bertz CT molecular complexity index is 564. The van der Waals surface area contributed by atoms with E-state index in [0.717, 1.165) is 30.9 Å². The molecule has 1 aromatic heterocycles. The Hall–Kier alpha value is -1.84. The molecule has 0 saturated carbocycles. The largest absolute Gasteiger partial charge is 0.251 e. The first-order chi connectivity index (χ1) is 9.11. The fraction of sp³-hybridized carbons (Fsp3) is 0.267. The fourth-order valence-corrected chi connectivity index (χ4v) is 1.88. The van der Waals surface area contributed by atoms with Crippen LogP contribution in [-0.4, -0.2) is 4.98 Å². The lowest BCUT2D eigenvalue weighted by Gasteiger charge is -2.05. The second-order valence-corrected chi connectivity index (χ2v) is 4.40. The van der Waals surface area contributed by atoms with Crippen molar-refractivity contribution in [3.05, 3.63) is 53.6 Å². The van der Waals surface area contributed by atoms with Crippen LogP contribution < -0.4 is 0 Å². The topological polar surface area (TPSA) is 12.9 Å². The van der Waals surface area contributed by atoms with E-state index in [1.807, 2.05) is 12.1 Å². The number of unbranched alkanes of at least 4 members (excludes halogenated alkanes) is 1. The van der Waals surface area contributed by atoms with E-state index in [9.17, 15) is 13.2 Å². The van der Waals surface area contributed by atoms with E-state index in [1.54, 1.807) is 12.1 Å². The second-order valence-electron chi connectivity index (χ2n) is 4.40. The summed E-state index contributed by atoms with van der Waals surface area (Å²) in [5.41, 5.74) is 1.60. The van der Waals surface area contributed by atoms with Crippen LogP contribution in [0.3, 0.4) is 0 Å². The minimum atomic E-state index is -1.42. The van der Waals surface area contributed by atoms with Gasteiger partial charge in [0.15, 0.2) is 5.82 Å². The SMILES string of the molecule is CCCCc1ccc(-c2cc(F)c(F)nc2F)cc1. The van der Waals surface area contributed by atoms with E-state index in [4.69, 9.17) is 0 Å². The van der Waals surface area contributed by atoms with Crippen LogP contribution in [0.25, 0.3) is 11.1 Å². The quantitative estimate of drug-likeness (QED) is 0.741. The summed E-state index contributed by atoms with van der Waals surface area (Å²) in [7, 11) is 0. The van der Waals surface area contributed by atoms with Crippen LogP contribution in [0, 0.1) is 17.7 Å². The number of halogens is 3. The molecule has 0 aliphatic rings. The zero-order valence-corrected chi connectivity index (χ0v) is 10.6. The summed E-state index contributed by atoms with van der Waals surface area (Å²) in [5.74, 6) is -3.56. The van der Waals surface area contributed by atoms with Gasteiger partial charge in [0.05, 0.1) is 0 Å². The van der Waals surface area contributed by atoms with Crippen LogP contribution in [-0.2, 0) is 6.42 Å². The number of nitrogens with zero attached hydrogens (tertiary/aromatic N) is 1. The predicted molar refractivity (Wildman–Crippen MR) is 68.2 cm³/mol.